The Balaban J connectivity index is 1.84. The molecule has 1 N–H and O–H groups in total. The van der Waals surface area contributed by atoms with Crippen LogP contribution in [0, 0.1) is 0 Å². The molecule has 1 heterocycles. The number of ether oxygens (including phenoxy) is 2. The highest BCUT2D eigenvalue weighted by molar-refractivity contribution is 5.90. The Hall–Kier alpha value is -2.77. The summed E-state index contributed by atoms with van der Waals surface area (Å²) in [6.45, 7) is 2.11. The van der Waals surface area contributed by atoms with E-state index in [-0.39, 0.29) is 12.4 Å². The summed E-state index contributed by atoms with van der Waals surface area (Å²) in [5, 5.41) is 2.36. The molecule has 0 aliphatic rings. The van der Waals surface area contributed by atoms with Crippen LogP contribution >= 0.6 is 0 Å². The van der Waals surface area contributed by atoms with Gasteiger partial charge < -0.3 is 14.8 Å². The van der Waals surface area contributed by atoms with Crippen LogP contribution in [0.15, 0.2) is 42.6 Å². The first-order valence-corrected chi connectivity index (χ1v) is 7.07. The maximum absolute atomic E-state index is 12.4. The fourth-order valence-electron chi connectivity index (χ4n) is 1.76. The maximum Gasteiger partial charge on any atom is 0.417 e. The second-order valence-corrected chi connectivity index (χ2v) is 4.67. The molecule has 2 aromatic rings. The Morgan fingerprint density at radius 1 is 1.08 bits per heavy atom. The largest absolute Gasteiger partial charge is 0.494 e. The van der Waals surface area contributed by atoms with Gasteiger partial charge in [-0.2, -0.15) is 13.2 Å². The first-order valence-electron chi connectivity index (χ1n) is 7.07. The Labute approximate surface area is 136 Å². The average Bonchev–Trinajstić information content (AvgIpc) is 2.54. The van der Waals surface area contributed by atoms with Gasteiger partial charge in [-0.1, -0.05) is 0 Å². The molecule has 2 rings (SSSR count). The summed E-state index contributed by atoms with van der Waals surface area (Å²) in [7, 11) is 0. The first kappa shape index (κ1) is 17.6. The van der Waals surface area contributed by atoms with Crippen LogP contribution in [0.3, 0.4) is 0 Å². The Morgan fingerprint density at radius 2 is 1.71 bits per heavy atom. The smallest absolute Gasteiger partial charge is 0.417 e. The van der Waals surface area contributed by atoms with Crippen molar-refractivity contribution in [3.05, 3.63) is 48.2 Å². The summed E-state index contributed by atoms with van der Waals surface area (Å²) < 4.78 is 47.8. The van der Waals surface area contributed by atoms with Gasteiger partial charge in [0.15, 0.2) is 6.61 Å². The number of hydrogen-bond donors (Lipinski definition) is 1. The predicted octanol–water partition coefficient (Wildman–Crippen LogP) is 3.52. The molecular weight excluding hydrogens is 325 g/mol. The van der Waals surface area contributed by atoms with E-state index in [1.54, 1.807) is 24.3 Å². The lowest BCUT2D eigenvalue weighted by molar-refractivity contribution is -0.137. The molecule has 0 aliphatic carbocycles. The first-order chi connectivity index (χ1) is 11.4. The normalized spacial score (nSPS) is 11.0. The third kappa shape index (κ3) is 5.15. The number of benzene rings is 1. The van der Waals surface area contributed by atoms with Crippen LogP contribution in [0.2, 0.25) is 0 Å². The molecule has 1 amide bonds. The summed E-state index contributed by atoms with van der Waals surface area (Å²) in [6.07, 6.45) is -3.81. The molecule has 128 valence electrons. The van der Waals surface area contributed by atoms with Crippen LogP contribution < -0.4 is 14.8 Å². The van der Waals surface area contributed by atoms with E-state index in [1.165, 1.54) is 0 Å². The number of halogens is 3. The third-order valence-corrected chi connectivity index (χ3v) is 2.86. The third-order valence-electron chi connectivity index (χ3n) is 2.86. The Bertz CT molecular complexity index is 670. The fourth-order valence-corrected chi connectivity index (χ4v) is 1.76. The Morgan fingerprint density at radius 3 is 2.21 bits per heavy atom. The minimum atomic E-state index is -4.47. The van der Waals surface area contributed by atoms with E-state index in [0.29, 0.717) is 24.3 Å². The van der Waals surface area contributed by atoms with Crippen LogP contribution in [-0.2, 0) is 11.0 Å². The topological polar surface area (TPSA) is 60.5 Å². The lowest BCUT2D eigenvalue weighted by Crippen LogP contribution is -2.21. The van der Waals surface area contributed by atoms with Gasteiger partial charge in [-0.05, 0) is 43.3 Å². The quantitative estimate of drug-likeness (QED) is 0.874. The van der Waals surface area contributed by atoms with Gasteiger partial charge in [0.05, 0.1) is 12.2 Å². The summed E-state index contributed by atoms with van der Waals surface area (Å²) in [5.41, 5.74) is -0.883. The van der Waals surface area contributed by atoms with Gasteiger partial charge in [0.25, 0.3) is 5.91 Å². The molecule has 0 fully saturated rings. The van der Waals surface area contributed by atoms with E-state index >= 15 is 0 Å². The van der Waals surface area contributed by atoms with Crippen molar-refractivity contribution in [2.24, 2.45) is 0 Å². The van der Waals surface area contributed by atoms with E-state index in [1.807, 2.05) is 6.92 Å². The molecule has 0 unspecified atom stereocenters. The van der Waals surface area contributed by atoms with E-state index < -0.39 is 17.6 Å². The van der Waals surface area contributed by atoms with Gasteiger partial charge in [-0.25, -0.2) is 4.98 Å². The minimum absolute atomic E-state index is 0.0169. The van der Waals surface area contributed by atoms with E-state index in [2.05, 4.69) is 10.3 Å². The van der Waals surface area contributed by atoms with E-state index in [0.717, 1.165) is 12.1 Å². The van der Waals surface area contributed by atoms with Crippen LogP contribution in [0.4, 0.5) is 19.0 Å². The highest BCUT2D eigenvalue weighted by Gasteiger charge is 2.30. The van der Waals surface area contributed by atoms with Crippen LogP contribution in [0.1, 0.15) is 12.5 Å². The standard InChI is InChI=1S/C16H15F3N2O3/c1-2-23-12-4-6-13(7-5-12)24-10-15(22)21-14-8-3-11(9-20-14)16(17,18)19/h3-9H,2,10H2,1H3,(H,20,21,22). The number of amides is 1. The van der Waals surface area contributed by atoms with E-state index in [9.17, 15) is 18.0 Å². The minimum Gasteiger partial charge on any atom is -0.494 e. The number of alkyl halides is 3. The number of rotatable bonds is 6. The average molecular weight is 340 g/mol. The Kier molecular flexibility index (Phi) is 5.62. The summed E-state index contributed by atoms with van der Waals surface area (Å²) >= 11 is 0. The molecule has 0 atom stereocenters. The lowest BCUT2D eigenvalue weighted by Gasteiger charge is -2.09. The number of pyridine rings is 1. The van der Waals surface area contributed by atoms with Crippen molar-refractivity contribution in [1.29, 1.82) is 0 Å². The molecule has 0 saturated carbocycles. The summed E-state index contributed by atoms with van der Waals surface area (Å²) in [6, 6.07) is 8.62. The highest BCUT2D eigenvalue weighted by Crippen LogP contribution is 2.28. The number of carbonyl (C=O) groups excluding carboxylic acids is 1. The number of hydrogen-bond acceptors (Lipinski definition) is 4. The predicted molar refractivity (Wildman–Crippen MR) is 81.0 cm³/mol. The van der Waals surface area contributed by atoms with Crippen LogP contribution in [-0.4, -0.2) is 24.1 Å². The second-order valence-electron chi connectivity index (χ2n) is 4.67. The monoisotopic (exact) mass is 340 g/mol. The second kappa shape index (κ2) is 7.67. The van der Waals surface area contributed by atoms with Crippen molar-refractivity contribution >= 4 is 11.7 Å². The number of carbonyl (C=O) groups is 1. The summed E-state index contributed by atoms with van der Waals surface area (Å²) in [5.74, 6) is 0.636. The van der Waals surface area contributed by atoms with Gasteiger partial charge in [0.2, 0.25) is 0 Å². The zero-order valence-electron chi connectivity index (χ0n) is 12.8. The highest BCUT2D eigenvalue weighted by atomic mass is 19.4. The van der Waals surface area contributed by atoms with Crippen molar-refractivity contribution in [3.63, 3.8) is 0 Å². The molecule has 1 aromatic carbocycles. The summed E-state index contributed by atoms with van der Waals surface area (Å²) in [4.78, 5) is 15.3. The van der Waals surface area contributed by atoms with Crippen LogP contribution in [0.5, 0.6) is 11.5 Å². The lowest BCUT2D eigenvalue weighted by atomic mass is 10.3. The molecule has 0 radical (unpaired) electrons. The van der Waals surface area contributed by atoms with Crippen molar-refractivity contribution in [2.75, 3.05) is 18.5 Å². The number of aromatic nitrogens is 1. The molecule has 0 bridgehead atoms. The molecule has 1 aromatic heterocycles. The molecule has 5 nitrogen and oxygen atoms in total. The maximum atomic E-state index is 12.4. The van der Waals surface area contributed by atoms with E-state index in [4.69, 9.17) is 9.47 Å². The molecular formula is C16H15F3N2O3. The van der Waals surface area contributed by atoms with Crippen LogP contribution in [0.25, 0.3) is 0 Å². The fraction of sp³-hybridized carbons (Fsp3) is 0.250. The molecule has 24 heavy (non-hydrogen) atoms. The zero-order chi connectivity index (χ0) is 17.6. The van der Waals surface area contributed by atoms with Gasteiger partial charge in [-0.3, -0.25) is 4.79 Å². The van der Waals surface area contributed by atoms with Crippen molar-refractivity contribution < 1.29 is 27.4 Å². The molecule has 0 saturated heterocycles. The zero-order valence-corrected chi connectivity index (χ0v) is 12.8. The molecule has 8 heteroatoms. The number of nitrogens with zero attached hydrogens (tertiary/aromatic N) is 1. The van der Waals surface area contributed by atoms with Crippen molar-refractivity contribution in [3.8, 4) is 11.5 Å². The number of nitrogens with one attached hydrogen (secondary N) is 1. The molecule has 0 spiro atoms. The van der Waals surface area contributed by atoms with Crippen molar-refractivity contribution in [2.45, 2.75) is 13.1 Å². The van der Waals surface area contributed by atoms with Gasteiger partial charge in [0.1, 0.15) is 17.3 Å². The van der Waals surface area contributed by atoms with Gasteiger partial charge in [-0.15, -0.1) is 0 Å². The number of anilines is 1. The van der Waals surface area contributed by atoms with Crippen molar-refractivity contribution in [1.82, 2.24) is 4.98 Å². The SMILES string of the molecule is CCOc1ccc(OCC(=O)Nc2ccc(C(F)(F)F)cn2)cc1. The van der Waals surface area contributed by atoms with Gasteiger partial charge >= 0.3 is 6.18 Å². The van der Waals surface area contributed by atoms with Gasteiger partial charge in [0, 0.05) is 6.20 Å². The molecule has 0 aliphatic heterocycles.